The van der Waals surface area contributed by atoms with E-state index in [1.807, 2.05) is 58.5 Å². The molecule has 1 atom stereocenters. The van der Waals surface area contributed by atoms with Crippen molar-refractivity contribution in [1.29, 1.82) is 0 Å². The van der Waals surface area contributed by atoms with Crippen LogP contribution in [0.15, 0.2) is 18.3 Å². The van der Waals surface area contributed by atoms with Crippen molar-refractivity contribution in [3.63, 3.8) is 0 Å². The number of methoxy groups -OCH3 is 1. The van der Waals surface area contributed by atoms with E-state index >= 15 is 4.39 Å². The van der Waals surface area contributed by atoms with Gasteiger partial charge in [0.05, 0.1) is 19.3 Å². The molecule has 0 aliphatic carbocycles. The fourth-order valence-electron chi connectivity index (χ4n) is 4.61. The molecule has 7 heteroatoms. The van der Waals surface area contributed by atoms with Crippen molar-refractivity contribution >= 4 is 17.0 Å². The van der Waals surface area contributed by atoms with Crippen molar-refractivity contribution in [2.75, 3.05) is 13.7 Å². The average molecular weight is 455 g/mol. The monoisotopic (exact) mass is 454 g/mol. The zero-order chi connectivity index (χ0) is 24.1. The summed E-state index contributed by atoms with van der Waals surface area (Å²) >= 11 is 0. The molecule has 3 aromatic rings. The Morgan fingerprint density at radius 3 is 2.70 bits per heavy atom. The molecule has 0 fully saturated rings. The predicted molar refractivity (Wildman–Crippen MR) is 125 cm³/mol. The lowest BCUT2D eigenvalue weighted by molar-refractivity contribution is -0.164. The summed E-state index contributed by atoms with van der Waals surface area (Å²) in [5, 5.41) is 0.823. The summed E-state index contributed by atoms with van der Waals surface area (Å²) in [5.41, 5.74) is 4.59. The lowest BCUT2D eigenvalue weighted by Crippen LogP contribution is -2.29. The minimum Gasteiger partial charge on any atom is -0.490 e. The van der Waals surface area contributed by atoms with Gasteiger partial charge in [-0.1, -0.05) is 0 Å². The second-order valence-corrected chi connectivity index (χ2v) is 9.57. The summed E-state index contributed by atoms with van der Waals surface area (Å²) in [6, 6.07) is 3.45. The van der Waals surface area contributed by atoms with Crippen LogP contribution in [0.2, 0.25) is 0 Å². The molecule has 4 rings (SSSR count). The molecule has 176 valence electrons. The quantitative estimate of drug-likeness (QED) is 0.497. The number of pyridine rings is 1. The maximum Gasteiger partial charge on any atom is 0.339 e. The summed E-state index contributed by atoms with van der Waals surface area (Å²) in [5.74, 6) is -0.596. The maximum absolute atomic E-state index is 15.3. The highest BCUT2D eigenvalue weighted by atomic mass is 19.1. The van der Waals surface area contributed by atoms with E-state index in [2.05, 4.69) is 0 Å². The molecule has 0 amide bonds. The van der Waals surface area contributed by atoms with Crippen LogP contribution in [0.4, 0.5) is 4.39 Å². The molecular formula is C26H31FN2O4. The van der Waals surface area contributed by atoms with E-state index in [1.165, 1.54) is 13.2 Å². The largest absolute Gasteiger partial charge is 0.490 e. The van der Waals surface area contributed by atoms with E-state index < -0.39 is 23.5 Å². The Labute approximate surface area is 193 Å². The number of rotatable bonds is 4. The van der Waals surface area contributed by atoms with E-state index in [-0.39, 0.29) is 0 Å². The summed E-state index contributed by atoms with van der Waals surface area (Å²) in [7, 11) is 3.25. The number of aryl methyl sites for hydroxylation is 2. The molecule has 0 saturated heterocycles. The van der Waals surface area contributed by atoms with Crippen LogP contribution >= 0.6 is 0 Å². The van der Waals surface area contributed by atoms with Gasteiger partial charge in [-0.2, -0.15) is 0 Å². The number of nitrogens with zero attached hydrogens (tertiary/aromatic N) is 2. The first-order chi connectivity index (χ1) is 15.5. The Morgan fingerprint density at radius 2 is 2.03 bits per heavy atom. The average Bonchev–Trinajstić information content (AvgIpc) is 3.13. The van der Waals surface area contributed by atoms with Crippen LogP contribution in [-0.4, -0.2) is 34.8 Å². The molecule has 0 radical (unpaired) electrons. The Bertz CT molecular complexity index is 1240. The topological polar surface area (TPSA) is 62.6 Å². The third-order valence-electron chi connectivity index (χ3n) is 6.10. The van der Waals surface area contributed by atoms with Gasteiger partial charge in [0.15, 0.2) is 17.7 Å². The van der Waals surface area contributed by atoms with Crippen LogP contribution in [-0.2, 0) is 27.7 Å². The molecule has 1 aliphatic rings. The molecule has 0 N–H and O–H groups in total. The number of hydrogen-bond donors (Lipinski definition) is 0. The molecular weight excluding hydrogens is 423 g/mol. The SMILES string of the molecule is COC(=O)[C@@H](OC(C)(C)C)c1c(C)nc2c(ccn2C)c1-c1cc(F)c2c(c1C)CCCO2. The first kappa shape index (κ1) is 23.2. The smallest absolute Gasteiger partial charge is 0.339 e. The van der Waals surface area contributed by atoms with Crippen LogP contribution in [0, 0.1) is 19.7 Å². The van der Waals surface area contributed by atoms with E-state index in [1.54, 1.807) is 0 Å². The third-order valence-corrected chi connectivity index (χ3v) is 6.10. The van der Waals surface area contributed by atoms with E-state index in [0.29, 0.717) is 29.2 Å². The van der Waals surface area contributed by atoms with Crippen LogP contribution in [0.3, 0.4) is 0 Å². The molecule has 0 spiro atoms. The standard InChI is InChI=1S/C26H31FN2O4/c1-14-16-9-8-12-32-22(16)19(27)13-18(14)21-17-10-11-29(6)24(17)28-15(2)20(21)23(25(30)31-7)33-26(3,4)5/h10-11,13,23H,8-9,12H2,1-7H3/t23-/m0/s1. The van der Waals surface area contributed by atoms with Gasteiger partial charge < -0.3 is 18.8 Å². The van der Waals surface area contributed by atoms with Crippen LogP contribution < -0.4 is 4.74 Å². The van der Waals surface area contributed by atoms with Gasteiger partial charge in [-0.25, -0.2) is 14.2 Å². The molecule has 6 nitrogen and oxygen atoms in total. The molecule has 0 saturated carbocycles. The molecule has 1 aromatic carbocycles. The number of benzene rings is 1. The highest BCUT2D eigenvalue weighted by Gasteiger charge is 2.34. The third kappa shape index (κ3) is 4.10. The van der Waals surface area contributed by atoms with Crippen molar-refractivity contribution in [3.8, 4) is 16.9 Å². The van der Waals surface area contributed by atoms with Gasteiger partial charge in [-0.3, -0.25) is 0 Å². The normalized spacial score (nSPS) is 14.7. The Balaban J connectivity index is 2.10. The van der Waals surface area contributed by atoms with Crippen molar-refractivity contribution in [2.24, 2.45) is 7.05 Å². The number of halogens is 1. The predicted octanol–water partition coefficient (Wildman–Crippen LogP) is 5.35. The first-order valence-corrected chi connectivity index (χ1v) is 11.2. The van der Waals surface area contributed by atoms with Crippen molar-refractivity contribution in [3.05, 3.63) is 46.5 Å². The fraction of sp³-hybridized carbons (Fsp3) is 0.462. The number of carbonyl (C=O) groups is 1. The summed E-state index contributed by atoms with van der Waals surface area (Å²) in [4.78, 5) is 17.8. The van der Waals surface area contributed by atoms with Crippen molar-refractivity contribution in [1.82, 2.24) is 9.55 Å². The van der Waals surface area contributed by atoms with Gasteiger partial charge in [0.1, 0.15) is 5.65 Å². The summed E-state index contributed by atoms with van der Waals surface area (Å²) in [6.07, 6.45) is 2.46. The zero-order valence-electron chi connectivity index (χ0n) is 20.3. The number of carbonyl (C=O) groups excluding carboxylic acids is 1. The highest BCUT2D eigenvalue weighted by Crippen LogP contribution is 2.44. The van der Waals surface area contributed by atoms with Gasteiger partial charge in [0.2, 0.25) is 0 Å². The molecule has 3 heterocycles. The summed E-state index contributed by atoms with van der Waals surface area (Å²) < 4.78 is 34.2. The highest BCUT2D eigenvalue weighted by molar-refractivity contribution is 5.99. The molecule has 2 aromatic heterocycles. The second-order valence-electron chi connectivity index (χ2n) is 9.57. The Morgan fingerprint density at radius 1 is 1.30 bits per heavy atom. The Hall–Kier alpha value is -2.93. The van der Waals surface area contributed by atoms with Gasteiger partial charge in [0, 0.05) is 41.0 Å². The molecule has 33 heavy (non-hydrogen) atoms. The first-order valence-electron chi connectivity index (χ1n) is 11.2. The Kier molecular flexibility index (Phi) is 5.95. The van der Waals surface area contributed by atoms with Gasteiger partial charge in [-0.15, -0.1) is 0 Å². The number of fused-ring (bicyclic) bond motifs is 2. The minimum absolute atomic E-state index is 0.328. The molecule has 0 bridgehead atoms. The van der Waals surface area contributed by atoms with Crippen LogP contribution in [0.5, 0.6) is 5.75 Å². The van der Waals surface area contributed by atoms with Gasteiger partial charge in [-0.05, 0) is 70.7 Å². The maximum atomic E-state index is 15.3. The number of hydrogen-bond acceptors (Lipinski definition) is 5. The number of aromatic nitrogens is 2. The van der Waals surface area contributed by atoms with Crippen molar-refractivity contribution < 1.29 is 23.4 Å². The zero-order valence-corrected chi connectivity index (χ0v) is 20.3. The lowest BCUT2D eigenvalue weighted by Gasteiger charge is -2.29. The summed E-state index contributed by atoms with van der Waals surface area (Å²) in [6.45, 7) is 9.98. The fourth-order valence-corrected chi connectivity index (χ4v) is 4.61. The van der Waals surface area contributed by atoms with Gasteiger partial charge in [0.25, 0.3) is 0 Å². The minimum atomic E-state index is -1.02. The second kappa shape index (κ2) is 8.45. The van der Waals surface area contributed by atoms with E-state index in [4.69, 9.17) is 19.2 Å². The van der Waals surface area contributed by atoms with Gasteiger partial charge >= 0.3 is 5.97 Å². The van der Waals surface area contributed by atoms with Crippen molar-refractivity contribution in [2.45, 2.75) is 59.2 Å². The number of ether oxygens (including phenoxy) is 3. The van der Waals surface area contributed by atoms with E-state index in [9.17, 15) is 4.79 Å². The number of esters is 1. The molecule has 1 aliphatic heterocycles. The van der Waals surface area contributed by atoms with Crippen LogP contribution in [0.25, 0.3) is 22.2 Å². The molecule has 0 unspecified atom stereocenters. The van der Waals surface area contributed by atoms with Crippen LogP contribution in [0.1, 0.15) is 55.7 Å². The van der Waals surface area contributed by atoms with E-state index in [0.717, 1.165) is 40.6 Å². The lowest BCUT2D eigenvalue weighted by atomic mass is 9.86.